The molecule has 1 aromatic heterocycles. The van der Waals surface area contributed by atoms with E-state index >= 15 is 0 Å². The second-order valence-corrected chi connectivity index (χ2v) is 7.53. The van der Waals surface area contributed by atoms with E-state index in [1.54, 1.807) is 4.88 Å². The Kier molecular flexibility index (Phi) is 5.11. The van der Waals surface area contributed by atoms with Crippen LogP contribution >= 0.6 is 11.3 Å². The standard InChI is InChI=1S/C17H28N2S/c1-2-18-16(13-9-5-3-4-6-10-13)17-19-14-11-7-8-12-15(14)20-17/h13,16,18H,2-12H2,1H3. The summed E-state index contributed by atoms with van der Waals surface area (Å²) in [5.41, 5.74) is 1.42. The average molecular weight is 292 g/mol. The minimum atomic E-state index is 0.522. The van der Waals surface area contributed by atoms with Gasteiger partial charge in [0.1, 0.15) is 5.01 Å². The molecule has 1 fully saturated rings. The summed E-state index contributed by atoms with van der Waals surface area (Å²) in [6.07, 6.45) is 13.7. The van der Waals surface area contributed by atoms with Gasteiger partial charge in [-0.05, 0) is 51.0 Å². The Morgan fingerprint density at radius 2 is 1.85 bits per heavy atom. The van der Waals surface area contributed by atoms with Crippen LogP contribution in [-0.2, 0) is 12.8 Å². The first-order valence-electron chi connectivity index (χ1n) is 8.60. The summed E-state index contributed by atoms with van der Waals surface area (Å²) in [7, 11) is 0. The van der Waals surface area contributed by atoms with E-state index in [2.05, 4.69) is 12.2 Å². The van der Waals surface area contributed by atoms with Crippen LogP contribution in [0.3, 0.4) is 0 Å². The SMILES string of the molecule is CCNC(c1nc2c(s1)CCCC2)C1CCCCCC1. The van der Waals surface area contributed by atoms with Gasteiger partial charge >= 0.3 is 0 Å². The van der Waals surface area contributed by atoms with Gasteiger partial charge in [0.15, 0.2) is 0 Å². The van der Waals surface area contributed by atoms with Crippen molar-refractivity contribution in [1.29, 1.82) is 0 Å². The van der Waals surface area contributed by atoms with Gasteiger partial charge in [0.25, 0.3) is 0 Å². The molecule has 1 unspecified atom stereocenters. The van der Waals surface area contributed by atoms with E-state index < -0.39 is 0 Å². The smallest absolute Gasteiger partial charge is 0.110 e. The summed E-state index contributed by atoms with van der Waals surface area (Å²) >= 11 is 2.01. The summed E-state index contributed by atoms with van der Waals surface area (Å²) in [6, 6.07) is 0.522. The van der Waals surface area contributed by atoms with Crippen molar-refractivity contribution in [2.75, 3.05) is 6.54 Å². The van der Waals surface area contributed by atoms with Gasteiger partial charge in [-0.25, -0.2) is 4.98 Å². The van der Waals surface area contributed by atoms with Gasteiger partial charge in [-0.1, -0.05) is 32.6 Å². The third-order valence-corrected chi connectivity index (χ3v) is 6.16. The highest BCUT2D eigenvalue weighted by atomic mass is 32.1. The van der Waals surface area contributed by atoms with Gasteiger partial charge in [0.2, 0.25) is 0 Å². The van der Waals surface area contributed by atoms with Gasteiger partial charge in [-0.15, -0.1) is 11.3 Å². The van der Waals surface area contributed by atoms with Crippen LogP contribution in [0.25, 0.3) is 0 Å². The molecule has 1 saturated carbocycles. The molecule has 1 N–H and O–H groups in total. The monoisotopic (exact) mass is 292 g/mol. The number of aryl methyl sites for hydroxylation is 2. The number of rotatable bonds is 4. The predicted octanol–water partition coefficient (Wildman–Crippen LogP) is 4.64. The maximum atomic E-state index is 5.03. The number of fused-ring (bicyclic) bond motifs is 1. The molecule has 0 radical (unpaired) electrons. The average Bonchev–Trinajstić information content (AvgIpc) is 2.71. The molecule has 1 heterocycles. The Morgan fingerprint density at radius 1 is 1.10 bits per heavy atom. The number of hydrogen-bond donors (Lipinski definition) is 1. The van der Waals surface area contributed by atoms with E-state index in [-0.39, 0.29) is 0 Å². The molecule has 2 nitrogen and oxygen atoms in total. The maximum Gasteiger partial charge on any atom is 0.110 e. The molecule has 2 aliphatic carbocycles. The van der Waals surface area contributed by atoms with Crippen molar-refractivity contribution >= 4 is 11.3 Å². The van der Waals surface area contributed by atoms with Crippen molar-refractivity contribution in [3.8, 4) is 0 Å². The number of nitrogens with one attached hydrogen (secondary N) is 1. The van der Waals surface area contributed by atoms with Crippen LogP contribution in [-0.4, -0.2) is 11.5 Å². The van der Waals surface area contributed by atoms with Crippen LogP contribution in [0.4, 0.5) is 0 Å². The molecule has 3 heteroatoms. The molecule has 0 amide bonds. The zero-order chi connectivity index (χ0) is 13.8. The number of hydrogen-bond acceptors (Lipinski definition) is 3. The molecule has 0 spiro atoms. The first kappa shape index (κ1) is 14.5. The molecule has 112 valence electrons. The topological polar surface area (TPSA) is 24.9 Å². The van der Waals surface area contributed by atoms with Crippen LogP contribution in [0.15, 0.2) is 0 Å². The summed E-state index contributed by atoms with van der Waals surface area (Å²) in [5.74, 6) is 0.810. The summed E-state index contributed by atoms with van der Waals surface area (Å²) in [6.45, 7) is 3.29. The van der Waals surface area contributed by atoms with Gasteiger partial charge in [-0.2, -0.15) is 0 Å². The van der Waals surface area contributed by atoms with Gasteiger partial charge in [0.05, 0.1) is 11.7 Å². The molecule has 3 rings (SSSR count). The Hall–Kier alpha value is -0.410. The quantitative estimate of drug-likeness (QED) is 0.818. The Bertz CT molecular complexity index is 395. The van der Waals surface area contributed by atoms with E-state index in [9.17, 15) is 0 Å². The molecule has 0 bridgehead atoms. The maximum absolute atomic E-state index is 5.03. The fourth-order valence-corrected chi connectivity index (χ4v) is 5.15. The summed E-state index contributed by atoms with van der Waals surface area (Å²) in [4.78, 5) is 6.62. The van der Waals surface area contributed by atoms with Crippen molar-refractivity contribution in [2.45, 2.75) is 77.2 Å². The van der Waals surface area contributed by atoms with Gasteiger partial charge < -0.3 is 5.32 Å². The summed E-state index contributed by atoms with van der Waals surface area (Å²) < 4.78 is 0. The normalized spacial score (nSPS) is 22.2. The van der Waals surface area contributed by atoms with E-state index in [1.807, 2.05) is 11.3 Å². The van der Waals surface area contributed by atoms with Crippen LogP contribution in [0, 0.1) is 5.92 Å². The Morgan fingerprint density at radius 3 is 2.55 bits per heavy atom. The minimum absolute atomic E-state index is 0.522. The number of thiazole rings is 1. The molecular formula is C17H28N2S. The van der Waals surface area contributed by atoms with Crippen LogP contribution in [0.1, 0.15) is 79.9 Å². The van der Waals surface area contributed by atoms with Gasteiger partial charge in [0, 0.05) is 4.88 Å². The predicted molar refractivity (Wildman–Crippen MR) is 86.4 cm³/mol. The van der Waals surface area contributed by atoms with Crippen molar-refractivity contribution < 1.29 is 0 Å². The molecule has 1 atom stereocenters. The number of nitrogens with zero attached hydrogens (tertiary/aromatic N) is 1. The van der Waals surface area contributed by atoms with Crippen molar-refractivity contribution in [1.82, 2.24) is 10.3 Å². The van der Waals surface area contributed by atoms with Crippen LogP contribution in [0.2, 0.25) is 0 Å². The highest BCUT2D eigenvalue weighted by Crippen LogP contribution is 2.37. The second kappa shape index (κ2) is 7.04. The molecule has 0 saturated heterocycles. The van der Waals surface area contributed by atoms with Crippen molar-refractivity contribution in [3.05, 3.63) is 15.6 Å². The van der Waals surface area contributed by atoms with Crippen LogP contribution < -0.4 is 5.32 Å². The molecule has 1 aromatic rings. The zero-order valence-corrected chi connectivity index (χ0v) is 13.6. The molecule has 20 heavy (non-hydrogen) atoms. The molecule has 0 aromatic carbocycles. The highest BCUT2D eigenvalue weighted by Gasteiger charge is 2.27. The Balaban J connectivity index is 1.79. The first-order chi connectivity index (χ1) is 9.88. The second-order valence-electron chi connectivity index (χ2n) is 6.42. The molecule has 0 aliphatic heterocycles. The lowest BCUT2D eigenvalue weighted by molar-refractivity contribution is 0.329. The molecule has 2 aliphatic rings. The van der Waals surface area contributed by atoms with E-state index in [0.717, 1.165) is 12.5 Å². The summed E-state index contributed by atoms with van der Waals surface area (Å²) in [5, 5.41) is 5.15. The van der Waals surface area contributed by atoms with Crippen molar-refractivity contribution in [3.63, 3.8) is 0 Å². The van der Waals surface area contributed by atoms with E-state index in [0.29, 0.717) is 6.04 Å². The highest BCUT2D eigenvalue weighted by molar-refractivity contribution is 7.11. The fourth-order valence-electron chi connectivity index (χ4n) is 3.82. The lowest BCUT2D eigenvalue weighted by Gasteiger charge is -2.25. The van der Waals surface area contributed by atoms with E-state index in [1.165, 1.54) is 74.9 Å². The Labute approximate surface area is 127 Å². The molecular weight excluding hydrogens is 264 g/mol. The first-order valence-corrected chi connectivity index (χ1v) is 9.42. The third-order valence-electron chi connectivity index (χ3n) is 4.92. The van der Waals surface area contributed by atoms with Crippen molar-refractivity contribution in [2.24, 2.45) is 5.92 Å². The van der Waals surface area contributed by atoms with Crippen LogP contribution in [0.5, 0.6) is 0 Å². The lowest BCUT2D eigenvalue weighted by atomic mass is 9.92. The number of aromatic nitrogens is 1. The minimum Gasteiger partial charge on any atom is -0.308 e. The zero-order valence-electron chi connectivity index (χ0n) is 12.8. The lowest BCUT2D eigenvalue weighted by Crippen LogP contribution is -2.28. The largest absolute Gasteiger partial charge is 0.308 e. The third kappa shape index (κ3) is 3.25. The van der Waals surface area contributed by atoms with Gasteiger partial charge in [-0.3, -0.25) is 0 Å². The van der Waals surface area contributed by atoms with E-state index in [4.69, 9.17) is 4.98 Å². The fraction of sp³-hybridized carbons (Fsp3) is 0.824.